The number of benzene rings is 2. The maximum absolute atomic E-state index is 9.97. The first kappa shape index (κ1) is 22.9. The van der Waals surface area contributed by atoms with Crippen molar-refractivity contribution in [3.8, 4) is 17.2 Å². The van der Waals surface area contributed by atoms with E-state index in [1.165, 1.54) is 5.56 Å². The molecule has 7 heteroatoms. The number of aryl methyl sites for hydroxylation is 1. The standard InChI is InChI=1S/C20H27N3O3.HI/c1-15-4-7-17(8-5-15)26-13-12-23-20(21-2)22-11-10-16-6-9-18(25-3)14-19(16)24;/h4-9,14,24H,10-13H2,1-3H3,(H2,21,22,23);1H. The zero-order chi connectivity index (χ0) is 18.8. The van der Waals surface area contributed by atoms with Gasteiger partial charge in [0.05, 0.1) is 13.7 Å². The van der Waals surface area contributed by atoms with E-state index in [9.17, 15) is 5.11 Å². The molecular formula is C20H28IN3O3. The summed E-state index contributed by atoms with van der Waals surface area (Å²) in [5.41, 5.74) is 2.07. The van der Waals surface area contributed by atoms with Crippen LogP contribution in [0.1, 0.15) is 11.1 Å². The van der Waals surface area contributed by atoms with Crippen LogP contribution in [0.3, 0.4) is 0 Å². The van der Waals surface area contributed by atoms with Gasteiger partial charge in [-0.25, -0.2) is 0 Å². The zero-order valence-electron chi connectivity index (χ0n) is 16.0. The fourth-order valence-corrected chi connectivity index (χ4v) is 2.39. The Morgan fingerprint density at radius 1 is 1.04 bits per heavy atom. The molecule has 0 radical (unpaired) electrons. The number of ether oxygens (including phenoxy) is 2. The van der Waals surface area contributed by atoms with Crippen molar-refractivity contribution in [1.29, 1.82) is 0 Å². The number of nitrogens with one attached hydrogen (secondary N) is 2. The van der Waals surface area contributed by atoms with Gasteiger partial charge in [-0.05, 0) is 37.1 Å². The van der Waals surface area contributed by atoms with Crippen LogP contribution in [0.4, 0.5) is 0 Å². The largest absolute Gasteiger partial charge is 0.508 e. The number of hydrogen-bond acceptors (Lipinski definition) is 4. The molecule has 0 amide bonds. The van der Waals surface area contributed by atoms with Crippen LogP contribution in [0, 0.1) is 6.92 Å². The summed E-state index contributed by atoms with van der Waals surface area (Å²) in [5, 5.41) is 16.4. The number of phenols is 1. The highest BCUT2D eigenvalue weighted by Crippen LogP contribution is 2.23. The third-order valence-corrected chi connectivity index (χ3v) is 3.89. The van der Waals surface area contributed by atoms with Crippen LogP contribution in [0.15, 0.2) is 47.5 Å². The third kappa shape index (κ3) is 7.94. The summed E-state index contributed by atoms with van der Waals surface area (Å²) < 4.78 is 10.8. The van der Waals surface area contributed by atoms with Crippen molar-refractivity contribution in [2.75, 3.05) is 33.9 Å². The Hall–Kier alpha value is -2.16. The van der Waals surface area contributed by atoms with Gasteiger partial charge in [-0.15, -0.1) is 24.0 Å². The summed E-state index contributed by atoms with van der Waals surface area (Å²) >= 11 is 0. The number of aliphatic imine (C=N–C) groups is 1. The van der Waals surface area contributed by atoms with Crippen molar-refractivity contribution in [3.63, 3.8) is 0 Å². The SMILES string of the molecule is CN=C(NCCOc1ccc(C)cc1)NCCc1ccc(OC)cc1O.I. The highest BCUT2D eigenvalue weighted by Gasteiger charge is 2.04. The van der Waals surface area contributed by atoms with Crippen LogP contribution in [-0.2, 0) is 6.42 Å². The van der Waals surface area contributed by atoms with Crippen LogP contribution < -0.4 is 20.1 Å². The predicted octanol–water partition coefficient (Wildman–Crippen LogP) is 3.11. The number of phenolic OH excluding ortho intramolecular Hbond substituents is 1. The van der Waals surface area contributed by atoms with Gasteiger partial charge in [0.15, 0.2) is 5.96 Å². The lowest BCUT2D eigenvalue weighted by Gasteiger charge is -2.13. The summed E-state index contributed by atoms with van der Waals surface area (Å²) in [6, 6.07) is 13.3. The first-order chi connectivity index (χ1) is 12.6. The van der Waals surface area contributed by atoms with Crippen molar-refractivity contribution >= 4 is 29.9 Å². The molecule has 0 saturated carbocycles. The second-order valence-corrected chi connectivity index (χ2v) is 5.83. The van der Waals surface area contributed by atoms with Crippen LogP contribution in [0.2, 0.25) is 0 Å². The molecule has 0 saturated heterocycles. The van der Waals surface area contributed by atoms with Crippen LogP contribution >= 0.6 is 24.0 Å². The second-order valence-electron chi connectivity index (χ2n) is 5.83. The molecule has 0 spiro atoms. The molecule has 0 atom stereocenters. The van der Waals surface area contributed by atoms with Crippen molar-refractivity contribution in [3.05, 3.63) is 53.6 Å². The van der Waals surface area contributed by atoms with Gasteiger partial charge in [0.25, 0.3) is 0 Å². The highest BCUT2D eigenvalue weighted by atomic mass is 127. The molecule has 0 unspecified atom stereocenters. The Morgan fingerprint density at radius 2 is 1.70 bits per heavy atom. The molecule has 0 aliphatic carbocycles. The average Bonchev–Trinajstić information content (AvgIpc) is 2.66. The first-order valence-electron chi connectivity index (χ1n) is 8.62. The van der Waals surface area contributed by atoms with Gasteiger partial charge in [-0.1, -0.05) is 23.8 Å². The molecule has 2 aromatic carbocycles. The van der Waals surface area contributed by atoms with Crippen molar-refractivity contribution in [1.82, 2.24) is 10.6 Å². The molecule has 0 bridgehead atoms. The minimum Gasteiger partial charge on any atom is -0.508 e. The molecule has 3 N–H and O–H groups in total. The van der Waals surface area contributed by atoms with E-state index in [-0.39, 0.29) is 29.7 Å². The summed E-state index contributed by atoms with van der Waals surface area (Å²) in [6.07, 6.45) is 0.677. The predicted molar refractivity (Wildman–Crippen MR) is 120 cm³/mol. The second kappa shape index (κ2) is 12.3. The quantitative estimate of drug-likeness (QED) is 0.232. The third-order valence-electron chi connectivity index (χ3n) is 3.89. The topological polar surface area (TPSA) is 75.1 Å². The molecule has 148 valence electrons. The van der Waals surface area contributed by atoms with E-state index in [2.05, 4.69) is 15.6 Å². The van der Waals surface area contributed by atoms with Gasteiger partial charge in [0, 0.05) is 19.7 Å². The number of halogens is 1. The molecule has 0 aliphatic heterocycles. The fraction of sp³-hybridized carbons (Fsp3) is 0.350. The summed E-state index contributed by atoms with van der Waals surface area (Å²) in [4.78, 5) is 4.18. The smallest absolute Gasteiger partial charge is 0.191 e. The number of nitrogens with zero attached hydrogens (tertiary/aromatic N) is 1. The molecule has 0 aliphatic rings. The normalized spacial score (nSPS) is 10.7. The Balaban J connectivity index is 0.00000364. The van der Waals surface area contributed by atoms with E-state index >= 15 is 0 Å². The molecule has 27 heavy (non-hydrogen) atoms. The summed E-state index contributed by atoms with van der Waals surface area (Å²) in [7, 11) is 3.30. The number of guanidine groups is 1. The van der Waals surface area contributed by atoms with E-state index in [1.54, 1.807) is 20.2 Å². The van der Waals surface area contributed by atoms with Gasteiger partial charge in [0.1, 0.15) is 23.9 Å². The van der Waals surface area contributed by atoms with Gasteiger partial charge >= 0.3 is 0 Å². The van der Waals surface area contributed by atoms with Gasteiger partial charge in [-0.2, -0.15) is 0 Å². The monoisotopic (exact) mass is 485 g/mol. The lowest BCUT2D eigenvalue weighted by molar-refractivity contribution is 0.322. The van der Waals surface area contributed by atoms with E-state index < -0.39 is 0 Å². The number of hydrogen-bond donors (Lipinski definition) is 3. The van der Waals surface area contributed by atoms with Crippen LogP contribution in [0.5, 0.6) is 17.2 Å². The number of aromatic hydroxyl groups is 1. The fourth-order valence-electron chi connectivity index (χ4n) is 2.39. The Bertz CT molecular complexity index is 721. The van der Waals surface area contributed by atoms with E-state index in [0.29, 0.717) is 37.8 Å². The number of methoxy groups -OCH3 is 1. The molecule has 0 aromatic heterocycles. The highest BCUT2D eigenvalue weighted by molar-refractivity contribution is 14.0. The van der Waals surface area contributed by atoms with Gasteiger partial charge in [0.2, 0.25) is 0 Å². The van der Waals surface area contributed by atoms with E-state index in [1.807, 2.05) is 43.3 Å². The Labute approximate surface area is 178 Å². The molecule has 2 aromatic rings. The van der Waals surface area contributed by atoms with Crippen LogP contribution in [-0.4, -0.2) is 44.9 Å². The van der Waals surface area contributed by atoms with Crippen LogP contribution in [0.25, 0.3) is 0 Å². The van der Waals surface area contributed by atoms with Gasteiger partial charge < -0.3 is 25.2 Å². The van der Waals surface area contributed by atoms with E-state index in [0.717, 1.165) is 11.3 Å². The summed E-state index contributed by atoms with van der Waals surface area (Å²) in [6.45, 7) is 3.88. The molecule has 0 fully saturated rings. The minimum atomic E-state index is 0. The van der Waals surface area contributed by atoms with Crippen molar-refractivity contribution < 1.29 is 14.6 Å². The molecule has 0 heterocycles. The summed E-state index contributed by atoms with van der Waals surface area (Å²) in [5.74, 6) is 2.44. The maximum Gasteiger partial charge on any atom is 0.191 e. The first-order valence-corrected chi connectivity index (χ1v) is 8.62. The maximum atomic E-state index is 9.97. The average molecular weight is 485 g/mol. The Morgan fingerprint density at radius 3 is 2.33 bits per heavy atom. The molecule has 2 rings (SSSR count). The zero-order valence-corrected chi connectivity index (χ0v) is 18.3. The van der Waals surface area contributed by atoms with Crippen molar-refractivity contribution in [2.24, 2.45) is 4.99 Å². The lowest BCUT2D eigenvalue weighted by atomic mass is 10.1. The van der Waals surface area contributed by atoms with E-state index in [4.69, 9.17) is 9.47 Å². The molecule has 6 nitrogen and oxygen atoms in total. The lowest BCUT2D eigenvalue weighted by Crippen LogP contribution is -2.40. The van der Waals surface area contributed by atoms with Gasteiger partial charge in [-0.3, -0.25) is 4.99 Å². The van der Waals surface area contributed by atoms with Crippen molar-refractivity contribution in [2.45, 2.75) is 13.3 Å². The Kier molecular flexibility index (Phi) is 10.4. The number of rotatable bonds is 8. The minimum absolute atomic E-state index is 0. The molecular weight excluding hydrogens is 457 g/mol.